The maximum Gasteiger partial charge on any atom is 0.161 e. The highest BCUT2D eigenvalue weighted by Gasteiger charge is 2.05. The van der Waals surface area contributed by atoms with Crippen LogP contribution in [0.15, 0.2) is 59.2 Å². The van der Waals surface area contributed by atoms with Gasteiger partial charge in [0.1, 0.15) is 24.2 Å². The molecule has 0 atom stereocenters. The number of hydrogen-bond acceptors (Lipinski definition) is 3. The number of hydrogen-bond donors (Lipinski definition) is 1. The molecule has 18 heavy (non-hydrogen) atoms. The molecule has 0 aliphatic heterocycles. The van der Waals surface area contributed by atoms with Crippen molar-refractivity contribution in [3.8, 4) is 11.5 Å². The standard InChI is InChI=1S/C15H12O3/c16-14-10-18-15-8-12(6-7-13(14)15)17-9-11-4-2-1-3-5-11/h1-8,10,16H,9H2. The summed E-state index contributed by atoms with van der Waals surface area (Å²) in [7, 11) is 0. The summed E-state index contributed by atoms with van der Waals surface area (Å²) in [5, 5.41) is 10.2. The highest BCUT2D eigenvalue weighted by molar-refractivity contribution is 5.84. The second-order valence-electron chi connectivity index (χ2n) is 4.05. The molecule has 0 saturated heterocycles. The molecule has 0 saturated carbocycles. The van der Waals surface area contributed by atoms with E-state index in [1.54, 1.807) is 12.1 Å². The third kappa shape index (κ3) is 2.02. The Bertz CT molecular complexity index is 656. The van der Waals surface area contributed by atoms with Crippen molar-refractivity contribution in [2.24, 2.45) is 0 Å². The van der Waals surface area contributed by atoms with Crippen molar-refractivity contribution in [3.05, 3.63) is 60.4 Å². The highest BCUT2D eigenvalue weighted by Crippen LogP contribution is 2.29. The quantitative estimate of drug-likeness (QED) is 0.758. The van der Waals surface area contributed by atoms with Crippen LogP contribution in [-0.4, -0.2) is 5.11 Å². The van der Waals surface area contributed by atoms with E-state index in [9.17, 15) is 5.11 Å². The fourth-order valence-corrected chi connectivity index (χ4v) is 1.83. The van der Waals surface area contributed by atoms with Gasteiger partial charge in [0.15, 0.2) is 5.75 Å². The lowest BCUT2D eigenvalue weighted by atomic mass is 10.2. The van der Waals surface area contributed by atoms with E-state index in [0.29, 0.717) is 17.6 Å². The van der Waals surface area contributed by atoms with Gasteiger partial charge in [-0.25, -0.2) is 0 Å². The van der Waals surface area contributed by atoms with Gasteiger partial charge in [-0.3, -0.25) is 0 Å². The smallest absolute Gasteiger partial charge is 0.161 e. The molecule has 0 spiro atoms. The molecule has 0 radical (unpaired) electrons. The normalized spacial score (nSPS) is 10.7. The molecule has 1 aromatic heterocycles. The first-order chi connectivity index (χ1) is 8.83. The minimum absolute atomic E-state index is 0.152. The Labute approximate surface area is 104 Å². The van der Waals surface area contributed by atoms with Crippen molar-refractivity contribution in [3.63, 3.8) is 0 Å². The maximum absolute atomic E-state index is 9.48. The minimum Gasteiger partial charge on any atom is -0.504 e. The molecule has 2 aromatic carbocycles. The second-order valence-corrected chi connectivity index (χ2v) is 4.05. The number of ether oxygens (including phenoxy) is 1. The molecule has 0 unspecified atom stereocenters. The zero-order valence-corrected chi connectivity index (χ0v) is 9.67. The van der Waals surface area contributed by atoms with Crippen LogP contribution in [0.25, 0.3) is 11.0 Å². The predicted molar refractivity (Wildman–Crippen MR) is 68.7 cm³/mol. The third-order valence-electron chi connectivity index (χ3n) is 2.77. The first-order valence-electron chi connectivity index (χ1n) is 5.70. The lowest BCUT2D eigenvalue weighted by Crippen LogP contribution is -1.94. The Morgan fingerprint density at radius 1 is 1.06 bits per heavy atom. The summed E-state index contributed by atoms with van der Waals surface area (Å²) in [5.41, 5.74) is 1.73. The third-order valence-corrected chi connectivity index (χ3v) is 2.77. The number of furan rings is 1. The van der Waals surface area contributed by atoms with E-state index < -0.39 is 0 Å². The van der Waals surface area contributed by atoms with Crippen LogP contribution in [-0.2, 0) is 6.61 Å². The van der Waals surface area contributed by atoms with Crippen molar-refractivity contribution in [1.29, 1.82) is 0 Å². The Balaban J connectivity index is 1.79. The molecule has 3 rings (SSSR count). The zero-order chi connectivity index (χ0) is 12.4. The zero-order valence-electron chi connectivity index (χ0n) is 9.67. The van der Waals surface area contributed by atoms with E-state index in [4.69, 9.17) is 9.15 Å². The van der Waals surface area contributed by atoms with Gasteiger partial charge in [-0.2, -0.15) is 0 Å². The molecule has 3 heteroatoms. The van der Waals surface area contributed by atoms with E-state index >= 15 is 0 Å². The first kappa shape index (κ1) is 10.7. The van der Waals surface area contributed by atoms with E-state index in [-0.39, 0.29) is 5.75 Å². The fourth-order valence-electron chi connectivity index (χ4n) is 1.83. The number of aromatic hydroxyl groups is 1. The number of fused-ring (bicyclic) bond motifs is 1. The van der Waals surface area contributed by atoms with Gasteiger partial charge in [0.2, 0.25) is 0 Å². The van der Waals surface area contributed by atoms with Crippen LogP contribution >= 0.6 is 0 Å². The molecule has 1 N–H and O–H groups in total. The average Bonchev–Trinajstić information content (AvgIpc) is 2.79. The van der Waals surface area contributed by atoms with Gasteiger partial charge >= 0.3 is 0 Å². The molecular formula is C15H12O3. The van der Waals surface area contributed by atoms with Crippen LogP contribution in [0.4, 0.5) is 0 Å². The summed E-state index contributed by atoms with van der Waals surface area (Å²) >= 11 is 0. The van der Waals surface area contributed by atoms with Gasteiger partial charge in [-0.05, 0) is 17.7 Å². The van der Waals surface area contributed by atoms with Crippen molar-refractivity contribution < 1.29 is 14.3 Å². The minimum atomic E-state index is 0.152. The predicted octanol–water partition coefficient (Wildman–Crippen LogP) is 3.72. The summed E-state index contributed by atoms with van der Waals surface area (Å²) < 4.78 is 10.9. The van der Waals surface area contributed by atoms with Gasteiger partial charge in [0, 0.05) is 6.07 Å². The maximum atomic E-state index is 9.48. The Morgan fingerprint density at radius 3 is 2.72 bits per heavy atom. The van der Waals surface area contributed by atoms with Crippen molar-refractivity contribution in [1.82, 2.24) is 0 Å². The van der Waals surface area contributed by atoms with Crippen LogP contribution in [0.3, 0.4) is 0 Å². The van der Waals surface area contributed by atoms with Gasteiger partial charge < -0.3 is 14.3 Å². The van der Waals surface area contributed by atoms with Gasteiger partial charge in [-0.1, -0.05) is 30.3 Å². The molecule has 0 aliphatic rings. The van der Waals surface area contributed by atoms with E-state index in [1.165, 1.54) is 6.26 Å². The molecule has 0 amide bonds. The average molecular weight is 240 g/mol. The molecule has 0 aliphatic carbocycles. The van der Waals surface area contributed by atoms with Crippen LogP contribution in [0.5, 0.6) is 11.5 Å². The summed E-state index contributed by atoms with van der Waals surface area (Å²) in [4.78, 5) is 0. The first-order valence-corrected chi connectivity index (χ1v) is 5.70. The largest absolute Gasteiger partial charge is 0.504 e. The molecular weight excluding hydrogens is 228 g/mol. The monoisotopic (exact) mass is 240 g/mol. The molecule has 0 bridgehead atoms. The topological polar surface area (TPSA) is 42.6 Å². The number of benzene rings is 2. The Morgan fingerprint density at radius 2 is 1.89 bits per heavy atom. The van der Waals surface area contributed by atoms with Crippen molar-refractivity contribution in [2.75, 3.05) is 0 Å². The molecule has 3 aromatic rings. The molecule has 90 valence electrons. The summed E-state index contributed by atoms with van der Waals surface area (Å²) in [6.07, 6.45) is 1.33. The van der Waals surface area contributed by atoms with Gasteiger partial charge in [0.05, 0.1) is 5.39 Å². The van der Waals surface area contributed by atoms with E-state index in [0.717, 1.165) is 11.3 Å². The summed E-state index contributed by atoms with van der Waals surface area (Å²) in [6, 6.07) is 15.3. The van der Waals surface area contributed by atoms with Crippen LogP contribution in [0.2, 0.25) is 0 Å². The summed E-state index contributed by atoms with van der Waals surface area (Å²) in [5.74, 6) is 0.875. The number of rotatable bonds is 3. The van der Waals surface area contributed by atoms with Crippen LogP contribution in [0, 0.1) is 0 Å². The van der Waals surface area contributed by atoms with Crippen molar-refractivity contribution >= 4 is 11.0 Å². The van der Waals surface area contributed by atoms with Crippen LogP contribution in [0.1, 0.15) is 5.56 Å². The Kier molecular flexibility index (Phi) is 2.65. The summed E-state index contributed by atoms with van der Waals surface area (Å²) in [6.45, 7) is 0.513. The molecule has 3 nitrogen and oxygen atoms in total. The lowest BCUT2D eigenvalue weighted by molar-refractivity contribution is 0.306. The highest BCUT2D eigenvalue weighted by atomic mass is 16.5. The Hall–Kier alpha value is -2.42. The molecule has 0 fully saturated rings. The van der Waals surface area contributed by atoms with Gasteiger partial charge in [-0.15, -0.1) is 0 Å². The second kappa shape index (κ2) is 4.45. The molecule has 1 heterocycles. The van der Waals surface area contributed by atoms with Gasteiger partial charge in [0.25, 0.3) is 0 Å². The lowest BCUT2D eigenvalue weighted by Gasteiger charge is -2.05. The van der Waals surface area contributed by atoms with E-state index in [2.05, 4.69) is 0 Å². The van der Waals surface area contributed by atoms with Crippen LogP contribution < -0.4 is 4.74 Å². The van der Waals surface area contributed by atoms with Crippen molar-refractivity contribution in [2.45, 2.75) is 6.61 Å². The fraction of sp³-hybridized carbons (Fsp3) is 0.0667. The SMILES string of the molecule is Oc1coc2cc(OCc3ccccc3)ccc12. The van der Waals surface area contributed by atoms with E-state index in [1.807, 2.05) is 36.4 Å².